The summed E-state index contributed by atoms with van der Waals surface area (Å²) in [5.41, 5.74) is 6.54. The van der Waals surface area contributed by atoms with Crippen LogP contribution >= 0.6 is 0 Å². The van der Waals surface area contributed by atoms with Crippen molar-refractivity contribution in [3.63, 3.8) is 0 Å². The third kappa shape index (κ3) is 4.39. The fourth-order valence-corrected chi connectivity index (χ4v) is 7.10. The van der Waals surface area contributed by atoms with Crippen molar-refractivity contribution in [2.24, 2.45) is 0 Å². The van der Waals surface area contributed by atoms with Crippen LogP contribution in [0.3, 0.4) is 0 Å². The molecular formula is C42H27NO4. The number of hydrogen-bond acceptors (Lipinski definition) is 5. The number of anilines is 2. The van der Waals surface area contributed by atoms with Crippen LogP contribution in [0.5, 0.6) is 0 Å². The Hall–Kier alpha value is -6.20. The second-order valence-corrected chi connectivity index (χ2v) is 12.0. The maximum atomic E-state index is 13.2. The Balaban J connectivity index is 1.16. The third-order valence-electron chi connectivity index (χ3n) is 9.26. The van der Waals surface area contributed by atoms with E-state index in [4.69, 9.17) is 9.47 Å². The van der Waals surface area contributed by atoms with Crippen LogP contribution in [0.25, 0.3) is 38.8 Å². The van der Waals surface area contributed by atoms with Gasteiger partial charge in [-0.25, -0.2) is 9.59 Å². The van der Waals surface area contributed by atoms with Crippen LogP contribution in [0.1, 0.15) is 34.7 Å². The van der Waals surface area contributed by atoms with Gasteiger partial charge in [0.15, 0.2) is 11.5 Å². The number of hydrogen-bond donors (Lipinski definition) is 0. The van der Waals surface area contributed by atoms with Crippen LogP contribution in [0.2, 0.25) is 0 Å². The first kappa shape index (κ1) is 27.1. The molecule has 6 aromatic rings. The van der Waals surface area contributed by atoms with Gasteiger partial charge in [-0.15, -0.1) is 0 Å². The normalized spacial score (nSPS) is 16.8. The summed E-state index contributed by atoms with van der Waals surface area (Å²) < 4.78 is 11.3. The van der Waals surface area contributed by atoms with Gasteiger partial charge in [0.05, 0.1) is 6.04 Å². The Morgan fingerprint density at radius 3 is 2.11 bits per heavy atom. The van der Waals surface area contributed by atoms with E-state index in [1.54, 1.807) is 12.1 Å². The van der Waals surface area contributed by atoms with Crippen LogP contribution < -0.4 is 4.90 Å². The number of nitrogens with zero attached hydrogens (tertiary/aromatic N) is 1. The zero-order valence-electron chi connectivity index (χ0n) is 25.2. The lowest BCUT2D eigenvalue weighted by Gasteiger charge is -2.37. The molecule has 0 aromatic heterocycles. The maximum absolute atomic E-state index is 13.2. The fourth-order valence-electron chi connectivity index (χ4n) is 7.10. The van der Waals surface area contributed by atoms with E-state index in [1.807, 2.05) is 36.4 Å². The van der Waals surface area contributed by atoms with Crippen LogP contribution in [0, 0.1) is 0 Å². The first-order valence-electron chi connectivity index (χ1n) is 15.7. The number of benzene rings is 6. The van der Waals surface area contributed by atoms with Gasteiger partial charge in [-0.3, -0.25) is 0 Å². The quantitative estimate of drug-likeness (QED) is 0.182. The summed E-state index contributed by atoms with van der Waals surface area (Å²) in [4.78, 5) is 28.5. The van der Waals surface area contributed by atoms with Gasteiger partial charge in [0.1, 0.15) is 11.1 Å². The van der Waals surface area contributed by atoms with E-state index < -0.39 is 11.9 Å². The molecular weight excluding hydrogens is 582 g/mol. The van der Waals surface area contributed by atoms with Gasteiger partial charge < -0.3 is 14.4 Å². The topological polar surface area (TPSA) is 55.8 Å². The van der Waals surface area contributed by atoms with Gasteiger partial charge >= 0.3 is 11.9 Å². The third-order valence-corrected chi connectivity index (χ3v) is 9.26. The Morgan fingerprint density at radius 1 is 0.574 bits per heavy atom. The highest BCUT2D eigenvalue weighted by molar-refractivity contribution is 6.29. The van der Waals surface area contributed by atoms with Gasteiger partial charge in [0.25, 0.3) is 0 Å². The van der Waals surface area contributed by atoms with Crippen molar-refractivity contribution >= 4 is 62.1 Å². The van der Waals surface area contributed by atoms with E-state index in [0.717, 1.165) is 28.6 Å². The average molecular weight is 610 g/mol. The lowest BCUT2D eigenvalue weighted by Crippen LogP contribution is -2.25. The zero-order valence-corrected chi connectivity index (χ0v) is 25.2. The minimum Gasteiger partial charge on any atom is -0.418 e. The van der Waals surface area contributed by atoms with Crippen molar-refractivity contribution < 1.29 is 19.1 Å². The molecule has 5 nitrogen and oxygen atoms in total. The molecule has 2 aliphatic heterocycles. The van der Waals surface area contributed by atoms with Crippen LogP contribution in [0.15, 0.2) is 151 Å². The molecule has 224 valence electrons. The molecule has 6 aromatic carbocycles. The van der Waals surface area contributed by atoms with Crippen molar-refractivity contribution in [3.8, 4) is 0 Å². The van der Waals surface area contributed by atoms with E-state index in [0.29, 0.717) is 11.1 Å². The zero-order chi connectivity index (χ0) is 31.5. The van der Waals surface area contributed by atoms with Crippen LogP contribution in [-0.4, -0.2) is 11.9 Å². The molecule has 0 amide bonds. The summed E-state index contributed by atoms with van der Waals surface area (Å²) >= 11 is 0. The number of ether oxygens (including phenoxy) is 2. The monoisotopic (exact) mass is 609 g/mol. The maximum Gasteiger partial charge on any atom is 0.348 e. The SMILES string of the molecule is O=C1OC2=C(c3ccc4cc(N(c5cccc6ccccc56)C5CC=Cc6ccccc65)ccc4c3)C(=O)OC2=C1c1ccccc1. The van der Waals surface area contributed by atoms with Gasteiger partial charge in [0, 0.05) is 16.8 Å². The molecule has 0 bridgehead atoms. The van der Waals surface area contributed by atoms with E-state index >= 15 is 0 Å². The molecule has 3 aliphatic rings. The van der Waals surface area contributed by atoms with Gasteiger partial charge in [-0.1, -0.05) is 121 Å². The second kappa shape index (κ2) is 10.7. The molecule has 2 heterocycles. The molecule has 1 atom stereocenters. The molecule has 0 fully saturated rings. The van der Waals surface area contributed by atoms with Gasteiger partial charge in [-0.2, -0.15) is 0 Å². The number of carbonyl (C=O) groups excluding carboxylic acids is 2. The second-order valence-electron chi connectivity index (χ2n) is 12.0. The van der Waals surface area contributed by atoms with Crippen molar-refractivity contribution in [1.82, 2.24) is 0 Å². The number of rotatable bonds is 5. The average Bonchev–Trinajstić information content (AvgIpc) is 3.60. The molecule has 0 N–H and O–H groups in total. The predicted octanol–water partition coefficient (Wildman–Crippen LogP) is 9.53. The van der Waals surface area contributed by atoms with Crippen LogP contribution in [0.4, 0.5) is 11.4 Å². The Bertz CT molecular complexity index is 2380. The standard InChI is InChI=1S/C42H27NO4/c44-41-37(28-12-2-1-3-13-28)39-40(47-41)38(42(45)46-39)31-21-20-30-25-32(23-22-29(30)24-31)43(35-18-8-14-26-10-4-6-16-33(26)35)36-19-9-15-27-11-5-7-17-34(27)36/h1-18,20-25,36H,19H2. The highest BCUT2D eigenvalue weighted by atomic mass is 16.6. The summed E-state index contributed by atoms with van der Waals surface area (Å²) in [5.74, 6) is -0.688. The summed E-state index contributed by atoms with van der Waals surface area (Å²) in [6.07, 6.45) is 5.34. The lowest BCUT2D eigenvalue weighted by molar-refractivity contribution is -0.131. The molecule has 0 spiro atoms. The van der Waals surface area contributed by atoms with Crippen molar-refractivity contribution in [2.75, 3.05) is 4.90 Å². The summed E-state index contributed by atoms with van der Waals surface area (Å²) in [7, 11) is 0. The molecule has 47 heavy (non-hydrogen) atoms. The molecule has 5 heteroatoms. The highest BCUT2D eigenvalue weighted by Crippen LogP contribution is 2.46. The van der Waals surface area contributed by atoms with Crippen LogP contribution in [-0.2, 0) is 19.1 Å². The summed E-state index contributed by atoms with van der Waals surface area (Å²) in [5, 5.41) is 4.36. The molecule has 0 radical (unpaired) electrons. The van der Waals surface area contributed by atoms with Gasteiger partial charge in [-0.05, 0) is 69.1 Å². The number of carbonyl (C=O) groups is 2. The summed E-state index contributed by atoms with van der Waals surface area (Å²) in [6.45, 7) is 0. The predicted molar refractivity (Wildman–Crippen MR) is 185 cm³/mol. The largest absolute Gasteiger partial charge is 0.418 e. The van der Waals surface area contributed by atoms with Gasteiger partial charge in [0.2, 0.25) is 0 Å². The molecule has 1 aliphatic carbocycles. The molecule has 0 saturated heterocycles. The Morgan fingerprint density at radius 2 is 1.26 bits per heavy atom. The minimum atomic E-state index is -0.530. The van der Waals surface area contributed by atoms with E-state index in [2.05, 4.69) is 102 Å². The minimum absolute atomic E-state index is 0.0972. The van der Waals surface area contributed by atoms with Crippen molar-refractivity contribution in [3.05, 3.63) is 173 Å². The Labute approximate surface area is 271 Å². The molecule has 1 unspecified atom stereocenters. The number of esters is 2. The fraction of sp³-hybridized carbons (Fsp3) is 0.0476. The first-order valence-corrected chi connectivity index (χ1v) is 15.7. The van der Waals surface area contributed by atoms with E-state index in [1.165, 1.54) is 21.9 Å². The van der Waals surface area contributed by atoms with Crippen molar-refractivity contribution in [1.29, 1.82) is 0 Å². The van der Waals surface area contributed by atoms with E-state index in [9.17, 15) is 9.59 Å². The molecule has 9 rings (SSSR count). The highest BCUT2D eigenvalue weighted by Gasteiger charge is 2.43. The van der Waals surface area contributed by atoms with E-state index in [-0.39, 0.29) is 28.7 Å². The number of fused-ring (bicyclic) bond motifs is 4. The lowest BCUT2D eigenvalue weighted by atomic mass is 9.90. The Kier molecular flexibility index (Phi) is 6.18. The molecule has 0 saturated carbocycles. The smallest absolute Gasteiger partial charge is 0.348 e. The summed E-state index contributed by atoms with van der Waals surface area (Å²) in [6, 6.07) is 45.2. The first-order chi connectivity index (χ1) is 23.1. The van der Waals surface area contributed by atoms with Crippen molar-refractivity contribution in [2.45, 2.75) is 12.5 Å².